The number of halogens is 2. The fraction of sp³-hybridized carbons (Fsp3) is 0.286. The standard InChI is InChI=1S/C14H15F2NO4/c1-2-7-21-11-6-4-3-5-9(11)13(18)17-10(14(19)20)8-12(15)16/h2-6,10,12H,1,7-8H2,(H,17,18)(H,19,20). The highest BCUT2D eigenvalue weighted by Crippen LogP contribution is 2.18. The van der Waals surface area contributed by atoms with Crippen LogP contribution in [0.1, 0.15) is 16.8 Å². The quantitative estimate of drug-likeness (QED) is 0.721. The normalized spacial score (nSPS) is 11.8. The molecule has 0 aliphatic rings. The lowest BCUT2D eigenvalue weighted by molar-refractivity contribution is -0.140. The minimum atomic E-state index is -2.83. The number of alkyl halides is 2. The van der Waals surface area contributed by atoms with Crippen LogP contribution in [0.15, 0.2) is 36.9 Å². The monoisotopic (exact) mass is 299 g/mol. The molecule has 21 heavy (non-hydrogen) atoms. The molecule has 0 bridgehead atoms. The fourth-order valence-electron chi connectivity index (χ4n) is 1.56. The first-order valence-corrected chi connectivity index (χ1v) is 6.10. The summed E-state index contributed by atoms with van der Waals surface area (Å²) in [6, 6.07) is 4.45. The minimum Gasteiger partial charge on any atom is -0.489 e. The zero-order chi connectivity index (χ0) is 15.8. The van der Waals surface area contributed by atoms with Crippen molar-refractivity contribution in [3.05, 3.63) is 42.5 Å². The molecule has 1 amide bonds. The molecule has 1 rings (SSSR count). The molecule has 2 N–H and O–H groups in total. The maximum absolute atomic E-state index is 12.3. The van der Waals surface area contributed by atoms with E-state index in [4.69, 9.17) is 9.84 Å². The van der Waals surface area contributed by atoms with Gasteiger partial charge in [0.15, 0.2) is 0 Å². The Labute approximate surface area is 120 Å². The first-order chi connectivity index (χ1) is 9.95. The van der Waals surface area contributed by atoms with Crippen LogP contribution in [-0.4, -0.2) is 36.1 Å². The zero-order valence-corrected chi connectivity index (χ0v) is 11.1. The van der Waals surface area contributed by atoms with Gasteiger partial charge >= 0.3 is 5.97 Å². The number of carboxylic acids is 1. The maximum Gasteiger partial charge on any atom is 0.326 e. The number of rotatable bonds is 8. The second-order valence-electron chi connectivity index (χ2n) is 4.09. The van der Waals surface area contributed by atoms with E-state index in [0.717, 1.165) is 0 Å². The summed E-state index contributed by atoms with van der Waals surface area (Å²) in [6.07, 6.45) is -2.32. The third-order valence-electron chi connectivity index (χ3n) is 2.51. The van der Waals surface area contributed by atoms with E-state index in [1.165, 1.54) is 18.2 Å². The summed E-state index contributed by atoms with van der Waals surface area (Å²) in [5.74, 6) is -2.09. The third-order valence-corrected chi connectivity index (χ3v) is 2.51. The molecule has 0 spiro atoms. The second kappa shape index (κ2) is 7.98. The summed E-state index contributed by atoms with van der Waals surface area (Å²) in [6.45, 7) is 3.62. The molecule has 0 aliphatic carbocycles. The lowest BCUT2D eigenvalue weighted by Crippen LogP contribution is -2.42. The van der Waals surface area contributed by atoms with E-state index in [1.807, 2.05) is 0 Å². The zero-order valence-electron chi connectivity index (χ0n) is 11.1. The number of carboxylic acid groups (broad SMARTS) is 1. The SMILES string of the molecule is C=CCOc1ccccc1C(=O)NC(CC(F)F)C(=O)O. The van der Waals surface area contributed by atoms with Crippen molar-refractivity contribution in [2.45, 2.75) is 18.9 Å². The van der Waals surface area contributed by atoms with Crippen molar-refractivity contribution in [3.63, 3.8) is 0 Å². The Morgan fingerprint density at radius 3 is 2.62 bits per heavy atom. The lowest BCUT2D eigenvalue weighted by Gasteiger charge is -2.15. The van der Waals surface area contributed by atoms with Crippen LogP contribution in [0.3, 0.4) is 0 Å². The number of carbonyl (C=O) groups is 2. The second-order valence-corrected chi connectivity index (χ2v) is 4.09. The Kier molecular flexibility index (Phi) is 6.32. The van der Waals surface area contributed by atoms with Gasteiger partial charge < -0.3 is 15.2 Å². The highest BCUT2D eigenvalue weighted by molar-refractivity contribution is 5.98. The topological polar surface area (TPSA) is 75.6 Å². The summed E-state index contributed by atoms with van der Waals surface area (Å²) in [5.41, 5.74) is 0.0693. The maximum atomic E-state index is 12.3. The van der Waals surface area contributed by atoms with E-state index in [-0.39, 0.29) is 17.9 Å². The van der Waals surface area contributed by atoms with E-state index < -0.39 is 30.8 Å². The summed E-state index contributed by atoms with van der Waals surface area (Å²) >= 11 is 0. The molecule has 0 radical (unpaired) electrons. The van der Waals surface area contributed by atoms with E-state index in [9.17, 15) is 18.4 Å². The van der Waals surface area contributed by atoms with Crippen LogP contribution in [0.2, 0.25) is 0 Å². The Balaban J connectivity index is 2.87. The predicted octanol–water partition coefficient (Wildman–Crippen LogP) is 2.09. The molecular weight excluding hydrogens is 284 g/mol. The molecule has 1 aromatic carbocycles. The van der Waals surface area contributed by atoms with Gasteiger partial charge in [0.1, 0.15) is 18.4 Å². The predicted molar refractivity (Wildman–Crippen MR) is 71.6 cm³/mol. The Hall–Kier alpha value is -2.44. The number of aliphatic carboxylic acids is 1. The number of benzene rings is 1. The minimum absolute atomic E-state index is 0.0693. The van der Waals surface area contributed by atoms with E-state index in [0.29, 0.717) is 0 Å². The number of carbonyl (C=O) groups excluding carboxylic acids is 1. The van der Waals surface area contributed by atoms with Gasteiger partial charge in [0.2, 0.25) is 6.43 Å². The average Bonchev–Trinajstić information content (AvgIpc) is 2.44. The molecule has 0 fully saturated rings. The molecule has 0 saturated carbocycles. The lowest BCUT2D eigenvalue weighted by atomic mass is 10.1. The van der Waals surface area contributed by atoms with Crippen LogP contribution in [0.25, 0.3) is 0 Å². The number of para-hydroxylation sites is 1. The van der Waals surface area contributed by atoms with Crippen molar-refractivity contribution in [1.82, 2.24) is 5.32 Å². The van der Waals surface area contributed by atoms with Gasteiger partial charge in [-0.2, -0.15) is 0 Å². The van der Waals surface area contributed by atoms with Gasteiger partial charge in [0.25, 0.3) is 5.91 Å². The van der Waals surface area contributed by atoms with E-state index in [1.54, 1.807) is 12.1 Å². The largest absolute Gasteiger partial charge is 0.489 e. The molecule has 114 valence electrons. The van der Waals surface area contributed by atoms with Gasteiger partial charge in [-0.25, -0.2) is 13.6 Å². The van der Waals surface area contributed by atoms with Crippen molar-refractivity contribution in [2.24, 2.45) is 0 Å². The highest BCUT2D eigenvalue weighted by atomic mass is 19.3. The first kappa shape index (κ1) is 16.6. The summed E-state index contributed by atoms with van der Waals surface area (Å²) in [7, 11) is 0. The molecule has 0 aliphatic heterocycles. The average molecular weight is 299 g/mol. The smallest absolute Gasteiger partial charge is 0.326 e. The highest BCUT2D eigenvalue weighted by Gasteiger charge is 2.25. The van der Waals surface area contributed by atoms with Crippen LogP contribution in [0.4, 0.5) is 8.78 Å². The van der Waals surface area contributed by atoms with E-state index in [2.05, 4.69) is 11.9 Å². The molecule has 5 nitrogen and oxygen atoms in total. The first-order valence-electron chi connectivity index (χ1n) is 6.10. The molecule has 0 saturated heterocycles. The van der Waals surface area contributed by atoms with Gasteiger partial charge in [0, 0.05) is 6.42 Å². The number of hydrogen-bond donors (Lipinski definition) is 2. The van der Waals surface area contributed by atoms with Crippen molar-refractivity contribution in [2.75, 3.05) is 6.61 Å². The van der Waals surface area contributed by atoms with Crippen LogP contribution in [-0.2, 0) is 4.79 Å². The molecule has 1 unspecified atom stereocenters. The van der Waals surface area contributed by atoms with Crippen molar-refractivity contribution in [3.8, 4) is 5.75 Å². The van der Waals surface area contributed by atoms with Gasteiger partial charge in [-0.15, -0.1) is 0 Å². The summed E-state index contributed by atoms with van der Waals surface area (Å²) in [4.78, 5) is 22.9. The van der Waals surface area contributed by atoms with Crippen molar-refractivity contribution < 1.29 is 28.2 Å². The molecule has 0 aromatic heterocycles. The molecule has 1 aromatic rings. The van der Waals surface area contributed by atoms with E-state index >= 15 is 0 Å². The van der Waals surface area contributed by atoms with Crippen molar-refractivity contribution >= 4 is 11.9 Å². The number of hydrogen-bond acceptors (Lipinski definition) is 3. The molecular formula is C14H15F2NO4. The van der Waals surface area contributed by atoms with Gasteiger partial charge in [-0.1, -0.05) is 24.8 Å². The number of nitrogens with one attached hydrogen (secondary N) is 1. The molecule has 7 heteroatoms. The van der Waals surface area contributed by atoms with Gasteiger partial charge in [-0.3, -0.25) is 4.79 Å². The number of ether oxygens (including phenoxy) is 1. The Bertz CT molecular complexity index is 519. The van der Waals surface area contributed by atoms with Crippen molar-refractivity contribution in [1.29, 1.82) is 0 Å². The van der Waals surface area contributed by atoms with Crippen LogP contribution in [0, 0.1) is 0 Å². The molecule has 0 heterocycles. The van der Waals surface area contributed by atoms with Gasteiger partial charge in [0.05, 0.1) is 5.56 Å². The molecule has 1 atom stereocenters. The number of amides is 1. The Morgan fingerprint density at radius 1 is 1.38 bits per heavy atom. The Morgan fingerprint density at radius 2 is 2.05 bits per heavy atom. The summed E-state index contributed by atoms with van der Waals surface area (Å²) in [5, 5.41) is 10.9. The van der Waals surface area contributed by atoms with Crippen LogP contribution in [0.5, 0.6) is 5.75 Å². The fourth-order valence-corrected chi connectivity index (χ4v) is 1.56. The summed E-state index contributed by atoms with van der Waals surface area (Å²) < 4.78 is 29.8. The van der Waals surface area contributed by atoms with Gasteiger partial charge in [-0.05, 0) is 12.1 Å². The van der Waals surface area contributed by atoms with Crippen LogP contribution < -0.4 is 10.1 Å². The van der Waals surface area contributed by atoms with Crippen LogP contribution >= 0.6 is 0 Å². The third kappa shape index (κ3) is 5.21.